The maximum Gasteiger partial charge on any atom is 0.339 e. The number of esters is 1. The molecule has 0 amide bonds. The molecule has 1 rings (SSSR count). The molecule has 1 aromatic heterocycles. The first kappa shape index (κ1) is 8.78. The summed E-state index contributed by atoms with van der Waals surface area (Å²) >= 11 is 0. The molecule has 1 heterocycles. The van der Waals surface area contributed by atoms with Crippen molar-refractivity contribution in [3.63, 3.8) is 0 Å². The highest BCUT2D eigenvalue weighted by atomic mass is 16.5. The first-order valence-electron chi connectivity index (χ1n) is 3.61. The molecule has 1 aromatic rings. The highest BCUT2D eigenvalue weighted by Gasteiger charge is 2.05. The van der Waals surface area contributed by atoms with E-state index in [1.807, 2.05) is 0 Å². The Morgan fingerprint density at radius 3 is 3.00 bits per heavy atom. The summed E-state index contributed by atoms with van der Waals surface area (Å²) < 4.78 is 4.75. The van der Waals surface area contributed by atoms with E-state index in [1.54, 1.807) is 6.92 Å². The number of carbonyl (C=O) groups is 1. The van der Waals surface area contributed by atoms with E-state index in [0.29, 0.717) is 17.6 Å². The largest absolute Gasteiger partial charge is 0.462 e. The van der Waals surface area contributed by atoms with Crippen LogP contribution in [-0.4, -0.2) is 25.4 Å². The summed E-state index contributed by atoms with van der Waals surface area (Å²) in [7, 11) is 5.42. The van der Waals surface area contributed by atoms with Crippen LogP contribution in [0.3, 0.4) is 0 Å². The van der Waals surface area contributed by atoms with Crippen molar-refractivity contribution in [1.29, 1.82) is 0 Å². The fraction of sp³-hybridized carbons (Fsp3) is 0.250. The van der Waals surface area contributed by atoms with Gasteiger partial charge >= 0.3 is 5.97 Å². The molecular weight excluding hydrogens is 153 g/mol. The maximum atomic E-state index is 11.1. The van der Waals surface area contributed by atoms with Gasteiger partial charge in [-0.15, -0.1) is 0 Å². The molecule has 0 aromatic carbocycles. The highest BCUT2D eigenvalue weighted by molar-refractivity contribution is 6.32. The van der Waals surface area contributed by atoms with Crippen molar-refractivity contribution in [2.45, 2.75) is 6.92 Å². The quantitative estimate of drug-likeness (QED) is 0.454. The predicted octanol–water partition coefficient (Wildman–Crippen LogP) is 0.0521. The van der Waals surface area contributed by atoms with Crippen LogP contribution in [0.2, 0.25) is 0 Å². The lowest BCUT2D eigenvalue weighted by Crippen LogP contribution is -2.10. The normalized spacial score (nSPS) is 9.42. The third kappa shape index (κ3) is 2.08. The van der Waals surface area contributed by atoms with Crippen molar-refractivity contribution in [2.24, 2.45) is 0 Å². The molecule has 0 spiro atoms. The number of rotatable bonds is 2. The summed E-state index contributed by atoms with van der Waals surface area (Å²) in [5, 5.41) is 0. The predicted molar refractivity (Wildman–Crippen MR) is 45.6 cm³/mol. The molecular formula is C8H8BNO2. The molecule has 0 aliphatic rings. The smallest absolute Gasteiger partial charge is 0.339 e. The van der Waals surface area contributed by atoms with Gasteiger partial charge in [0.05, 0.1) is 12.2 Å². The molecule has 0 saturated carbocycles. The lowest BCUT2D eigenvalue weighted by molar-refractivity contribution is 0.0526. The van der Waals surface area contributed by atoms with Gasteiger partial charge in [0.25, 0.3) is 0 Å². The summed E-state index contributed by atoms with van der Waals surface area (Å²) in [6.07, 6.45) is 2.90. The number of carbonyl (C=O) groups excluding carboxylic acids is 1. The average Bonchev–Trinajstić information content (AvgIpc) is 2.05. The van der Waals surface area contributed by atoms with Crippen molar-refractivity contribution < 1.29 is 9.53 Å². The second-order valence-corrected chi connectivity index (χ2v) is 2.23. The van der Waals surface area contributed by atoms with Gasteiger partial charge in [-0.25, -0.2) is 4.79 Å². The molecule has 0 saturated heterocycles. The zero-order chi connectivity index (χ0) is 8.97. The molecule has 0 aliphatic carbocycles. The first-order chi connectivity index (χ1) is 5.74. The van der Waals surface area contributed by atoms with Gasteiger partial charge in [0, 0.05) is 12.4 Å². The van der Waals surface area contributed by atoms with Crippen molar-refractivity contribution in [2.75, 3.05) is 6.61 Å². The Kier molecular flexibility index (Phi) is 2.85. The van der Waals surface area contributed by atoms with E-state index in [9.17, 15) is 4.79 Å². The molecule has 4 heteroatoms. The van der Waals surface area contributed by atoms with E-state index in [-0.39, 0.29) is 0 Å². The van der Waals surface area contributed by atoms with E-state index in [1.165, 1.54) is 18.5 Å². The van der Waals surface area contributed by atoms with Crippen LogP contribution in [0.25, 0.3) is 0 Å². The Morgan fingerprint density at radius 2 is 2.42 bits per heavy atom. The minimum atomic E-state index is -0.391. The van der Waals surface area contributed by atoms with E-state index in [2.05, 4.69) is 4.98 Å². The third-order valence-electron chi connectivity index (χ3n) is 1.27. The second-order valence-electron chi connectivity index (χ2n) is 2.23. The van der Waals surface area contributed by atoms with E-state index in [0.717, 1.165) is 0 Å². The number of aromatic nitrogens is 1. The number of hydrogen-bond acceptors (Lipinski definition) is 3. The Balaban J connectivity index is 2.81. The number of nitrogens with zero attached hydrogens (tertiary/aromatic N) is 1. The lowest BCUT2D eigenvalue weighted by Gasteiger charge is -2.00. The SMILES string of the molecule is [B]c1cncc(C(=O)OCC)c1. The van der Waals surface area contributed by atoms with Crippen LogP contribution >= 0.6 is 0 Å². The fourth-order valence-electron chi connectivity index (χ4n) is 0.784. The topological polar surface area (TPSA) is 39.2 Å². The number of pyridine rings is 1. The van der Waals surface area contributed by atoms with Gasteiger partial charge in [0.1, 0.15) is 7.85 Å². The maximum absolute atomic E-state index is 11.1. The molecule has 0 atom stereocenters. The summed E-state index contributed by atoms with van der Waals surface area (Å²) in [5.41, 5.74) is 0.845. The number of hydrogen-bond donors (Lipinski definition) is 0. The minimum Gasteiger partial charge on any atom is -0.462 e. The molecule has 0 bridgehead atoms. The van der Waals surface area contributed by atoms with Crippen molar-refractivity contribution in [3.05, 3.63) is 24.0 Å². The number of ether oxygens (including phenoxy) is 1. The van der Waals surface area contributed by atoms with Gasteiger partial charge in [-0.3, -0.25) is 4.98 Å². The standard InChI is InChI=1S/C8H8BNO2/c1-2-12-8(11)6-3-7(9)5-10-4-6/h3-5H,2H2,1H3. The van der Waals surface area contributed by atoms with Crippen LogP contribution in [0.5, 0.6) is 0 Å². The van der Waals surface area contributed by atoms with Gasteiger partial charge in [-0.1, -0.05) is 11.5 Å². The average molecular weight is 161 g/mol. The van der Waals surface area contributed by atoms with Crippen LogP contribution in [-0.2, 0) is 4.74 Å². The Bertz CT molecular complexity index is 288. The highest BCUT2D eigenvalue weighted by Crippen LogP contribution is 1.96. The second kappa shape index (κ2) is 3.90. The van der Waals surface area contributed by atoms with E-state index in [4.69, 9.17) is 12.6 Å². The van der Waals surface area contributed by atoms with Gasteiger partial charge in [-0.2, -0.15) is 0 Å². The van der Waals surface area contributed by atoms with E-state index >= 15 is 0 Å². The molecule has 2 radical (unpaired) electrons. The van der Waals surface area contributed by atoms with Crippen LogP contribution in [0.15, 0.2) is 18.5 Å². The molecule has 0 aliphatic heterocycles. The van der Waals surface area contributed by atoms with Crippen molar-refractivity contribution >= 4 is 19.3 Å². The van der Waals surface area contributed by atoms with Gasteiger partial charge in [0.2, 0.25) is 0 Å². The minimum absolute atomic E-state index is 0.355. The first-order valence-corrected chi connectivity index (χ1v) is 3.61. The summed E-state index contributed by atoms with van der Waals surface area (Å²) in [5.74, 6) is -0.391. The Morgan fingerprint density at radius 1 is 1.67 bits per heavy atom. The van der Waals surface area contributed by atoms with Crippen molar-refractivity contribution in [1.82, 2.24) is 4.98 Å². The zero-order valence-corrected chi connectivity index (χ0v) is 6.78. The van der Waals surface area contributed by atoms with Crippen molar-refractivity contribution in [3.8, 4) is 0 Å². The van der Waals surface area contributed by atoms with Gasteiger partial charge < -0.3 is 4.74 Å². The van der Waals surface area contributed by atoms with Gasteiger partial charge in [-0.05, 0) is 6.92 Å². The summed E-state index contributed by atoms with van der Waals surface area (Å²) in [6.45, 7) is 2.10. The van der Waals surface area contributed by atoms with Crippen LogP contribution < -0.4 is 5.46 Å². The summed E-state index contributed by atoms with van der Waals surface area (Å²) in [6, 6.07) is 1.53. The van der Waals surface area contributed by atoms with Crippen LogP contribution in [0.1, 0.15) is 17.3 Å². The van der Waals surface area contributed by atoms with Crippen LogP contribution in [0.4, 0.5) is 0 Å². The molecule has 0 unspecified atom stereocenters. The molecule has 60 valence electrons. The fourth-order valence-corrected chi connectivity index (χ4v) is 0.784. The monoisotopic (exact) mass is 161 g/mol. The summed E-state index contributed by atoms with van der Waals surface area (Å²) in [4.78, 5) is 14.8. The molecule has 0 fully saturated rings. The van der Waals surface area contributed by atoms with Gasteiger partial charge in [0.15, 0.2) is 0 Å². The molecule has 3 nitrogen and oxygen atoms in total. The molecule has 0 N–H and O–H groups in total. The van der Waals surface area contributed by atoms with Crippen LogP contribution in [0, 0.1) is 0 Å². The third-order valence-corrected chi connectivity index (χ3v) is 1.27. The van der Waals surface area contributed by atoms with E-state index < -0.39 is 5.97 Å². The lowest BCUT2D eigenvalue weighted by atomic mass is 9.97. The zero-order valence-electron chi connectivity index (χ0n) is 6.78. The molecule has 12 heavy (non-hydrogen) atoms. The Hall–Kier alpha value is -1.32. The Labute approximate surface area is 72.2 Å².